The number of rotatable bonds is 6. The summed E-state index contributed by atoms with van der Waals surface area (Å²) in [6.07, 6.45) is 0.854. The van der Waals surface area contributed by atoms with Crippen LogP contribution in [0.5, 0.6) is 5.75 Å². The SMILES string of the molecule is Cc1ccccc1[C@@]1(O)CCN(C(=O)Cc2cccc(OCCN)c2)C1. The van der Waals surface area contributed by atoms with E-state index in [0.29, 0.717) is 39.1 Å². The number of carbonyl (C=O) groups excluding carboxylic acids is 1. The van der Waals surface area contributed by atoms with Crippen molar-refractivity contribution < 1.29 is 14.6 Å². The number of amides is 1. The molecule has 0 unspecified atom stereocenters. The zero-order valence-electron chi connectivity index (χ0n) is 15.1. The van der Waals surface area contributed by atoms with Crippen molar-refractivity contribution in [1.82, 2.24) is 4.90 Å². The molecule has 0 spiro atoms. The van der Waals surface area contributed by atoms with E-state index in [2.05, 4.69) is 0 Å². The first kappa shape index (κ1) is 18.4. The summed E-state index contributed by atoms with van der Waals surface area (Å²) >= 11 is 0. The van der Waals surface area contributed by atoms with E-state index in [1.165, 1.54) is 0 Å². The van der Waals surface area contributed by atoms with Gasteiger partial charge in [0.05, 0.1) is 13.0 Å². The minimum atomic E-state index is -0.965. The minimum Gasteiger partial charge on any atom is -0.492 e. The van der Waals surface area contributed by atoms with E-state index in [1.807, 2.05) is 55.5 Å². The average molecular weight is 354 g/mol. The molecule has 1 saturated heterocycles. The van der Waals surface area contributed by atoms with Gasteiger partial charge in [0.1, 0.15) is 18.0 Å². The fourth-order valence-electron chi connectivity index (χ4n) is 3.53. The van der Waals surface area contributed by atoms with Gasteiger partial charge in [0.2, 0.25) is 5.91 Å². The van der Waals surface area contributed by atoms with Gasteiger partial charge in [-0.2, -0.15) is 0 Å². The number of carbonyl (C=O) groups is 1. The Kier molecular flexibility index (Phi) is 5.59. The van der Waals surface area contributed by atoms with E-state index in [0.717, 1.165) is 22.4 Å². The van der Waals surface area contributed by atoms with E-state index in [1.54, 1.807) is 4.90 Å². The molecular weight excluding hydrogens is 328 g/mol. The van der Waals surface area contributed by atoms with Gasteiger partial charge < -0.3 is 20.5 Å². The molecule has 0 radical (unpaired) electrons. The largest absolute Gasteiger partial charge is 0.492 e. The van der Waals surface area contributed by atoms with E-state index >= 15 is 0 Å². The number of β-amino-alcohol motifs (C(OH)–C–C–N with tert-alkyl or cyclic N) is 1. The molecule has 26 heavy (non-hydrogen) atoms. The van der Waals surface area contributed by atoms with Crippen molar-refractivity contribution in [2.45, 2.75) is 25.4 Å². The Hall–Kier alpha value is -2.37. The second-order valence-corrected chi connectivity index (χ2v) is 6.87. The standard InChI is InChI=1S/C21H26N2O3/c1-16-5-2-3-8-19(16)21(25)9-11-23(15-21)20(24)14-17-6-4-7-18(13-17)26-12-10-22/h2-8,13,25H,9-12,14-15,22H2,1H3/t21-/m1/s1. The molecule has 0 aromatic heterocycles. The molecule has 5 nitrogen and oxygen atoms in total. The van der Waals surface area contributed by atoms with Gasteiger partial charge in [-0.15, -0.1) is 0 Å². The molecule has 0 aliphatic carbocycles. The third-order valence-electron chi connectivity index (χ3n) is 4.89. The summed E-state index contributed by atoms with van der Waals surface area (Å²) in [4.78, 5) is 14.4. The van der Waals surface area contributed by atoms with Crippen molar-refractivity contribution in [2.75, 3.05) is 26.2 Å². The normalized spacial score (nSPS) is 19.6. The van der Waals surface area contributed by atoms with E-state index in [4.69, 9.17) is 10.5 Å². The van der Waals surface area contributed by atoms with Crippen LogP contribution in [0.2, 0.25) is 0 Å². The average Bonchev–Trinajstić information content (AvgIpc) is 3.04. The number of likely N-dealkylation sites (tertiary alicyclic amines) is 1. The lowest BCUT2D eigenvalue weighted by Crippen LogP contribution is -2.35. The molecule has 138 valence electrons. The van der Waals surface area contributed by atoms with Crippen LogP contribution in [0.3, 0.4) is 0 Å². The molecule has 2 aromatic rings. The summed E-state index contributed by atoms with van der Waals surface area (Å²) in [5, 5.41) is 11.0. The summed E-state index contributed by atoms with van der Waals surface area (Å²) in [5.74, 6) is 0.740. The predicted octanol–water partition coefficient (Wildman–Crippen LogP) is 2.00. The monoisotopic (exact) mass is 354 g/mol. The van der Waals surface area contributed by atoms with Crippen LogP contribution in [0.4, 0.5) is 0 Å². The minimum absolute atomic E-state index is 0.0190. The van der Waals surface area contributed by atoms with Crippen molar-refractivity contribution in [2.24, 2.45) is 5.73 Å². The van der Waals surface area contributed by atoms with Gasteiger partial charge in [0.15, 0.2) is 0 Å². The van der Waals surface area contributed by atoms with Gasteiger partial charge in [0, 0.05) is 13.1 Å². The Morgan fingerprint density at radius 2 is 2.08 bits per heavy atom. The smallest absolute Gasteiger partial charge is 0.227 e. The second-order valence-electron chi connectivity index (χ2n) is 6.87. The predicted molar refractivity (Wildman–Crippen MR) is 101 cm³/mol. The third-order valence-corrected chi connectivity index (χ3v) is 4.89. The summed E-state index contributed by atoms with van der Waals surface area (Å²) in [5.41, 5.74) is 7.35. The van der Waals surface area contributed by atoms with Gasteiger partial charge in [-0.3, -0.25) is 4.79 Å². The summed E-state index contributed by atoms with van der Waals surface area (Å²) in [7, 11) is 0. The Morgan fingerprint density at radius 3 is 2.85 bits per heavy atom. The highest BCUT2D eigenvalue weighted by Crippen LogP contribution is 2.34. The summed E-state index contributed by atoms with van der Waals surface area (Å²) < 4.78 is 5.52. The molecule has 2 aromatic carbocycles. The number of ether oxygens (including phenoxy) is 1. The molecule has 1 aliphatic heterocycles. The van der Waals surface area contributed by atoms with Crippen molar-refractivity contribution in [3.05, 3.63) is 65.2 Å². The molecule has 1 aliphatic rings. The number of hydrogen-bond donors (Lipinski definition) is 2. The topological polar surface area (TPSA) is 75.8 Å². The Bertz CT molecular complexity index is 777. The van der Waals surface area contributed by atoms with Crippen molar-refractivity contribution in [3.63, 3.8) is 0 Å². The van der Waals surface area contributed by atoms with Crippen LogP contribution in [-0.2, 0) is 16.8 Å². The maximum Gasteiger partial charge on any atom is 0.227 e. The maximum absolute atomic E-state index is 12.7. The maximum atomic E-state index is 12.7. The van der Waals surface area contributed by atoms with Crippen LogP contribution < -0.4 is 10.5 Å². The first-order chi connectivity index (χ1) is 12.5. The number of benzene rings is 2. The van der Waals surface area contributed by atoms with Crippen LogP contribution in [0.1, 0.15) is 23.1 Å². The van der Waals surface area contributed by atoms with Gasteiger partial charge in [-0.1, -0.05) is 36.4 Å². The first-order valence-electron chi connectivity index (χ1n) is 9.00. The van der Waals surface area contributed by atoms with Crippen LogP contribution in [0, 0.1) is 6.92 Å². The zero-order valence-corrected chi connectivity index (χ0v) is 15.1. The van der Waals surface area contributed by atoms with Gasteiger partial charge in [-0.25, -0.2) is 0 Å². The molecule has 1 atom stereocenters. The number of aliphatic hydroxyl groups is 1. The van der Waals surface area contributed by atoms with Gasteiger partial charge in [-0.05, 0) is 42.2 Å². The van der Waals surface area contributed by atoms with Gasteiger partial charge >= 0.3 is 0 Å². The van der Waals surface area contributed by atoms with E-state index in [-0.39, 0.29) is 5.91 Å². The molecular formula is C21H26N2O3. The Labute approximate surface area is 154 Å². The number of nitrogens with two attached hydrogens (primary N) is 1. The molecule has 0 bridgehead atoms. The lowest BCUT2D eigenvalue weighted by molar-refractivity contribution is -0.130. The zero-order chi connectivity index (χ0) is 18.6. The van der Waals surface area contributed by atoms with Crippen LogP contribution in [-0.4, -0.2) is 42.2 Å². The quantitative estimate of drug-likeness (QED) is 0.832. The number of hydrogen-bond acceptors (Lipinski definition) is 4. The Balaban J connectivity index is 1.66. The fourth-order valence-corrected chi connectivity index (χ4v) is 3.53. The fraction of sp³-hybridized carbons (Fsp3) is 0.381. The third kappa shape index (κ3) is 4.06. The lowest BCUT2D eigenvalue weighted by atomic mass is 9.89. The molecule has 1 amide bonds. The van der Waals surface area contributed by atoms with Crippen LogP contribution in [0.15, 0.2) is 48.5 Å². The molecule has 3 N–H and O–H groups in total. The summed E-state index contributed by atoms with van der Waals surface area (Å²) in [6, 6.07) is 15.3. The van der Waals surface area contributed by atoms with Crippen molar-refractivity contribution >= 4 is 5.91 Å². The molecule has 1 heterocycles. The number of nitrogens with zero attached hydrogens (tertiary/aromatic N) is 1. The van der Waals surface area contributed by atoms with Crippen molar-refractivity contribution in [3.8, 4) is 5.75 Å². The second kappa shape index (κ2) is 7.89. The highest BCUT2D eigenvalue weighted by Gasteiger charge is 2.40. The number of aryl methyl sites for hydroxylation is 1. The highest BCUT2D eigenvalue weighted by molar-refractivity contribution is 5.79. The van der Waals surface area contributed by atoms with E-state index in [9.17, 15) is 9.90 Å². The lowest BCUT2D eigenvalue weighted by Gasteiger charge is -2.25. The molecule has 0 saturated carbocycles. The van der Waals surface area contributed by atoms with Crippen LogP contribution in [0.25, 0.3) is 0 Å². The van der Waals surface area contributed by atoms with Crippen LogP contribution >= 0.6 is 0 Å². The summed E-state index contributed by atoms with van der Waals surface area (Å²) in [6.45, 7) is 3.79. The molecule has 5 heteroatoms. The van der Waals surface area contributed by atoms with Gasteiger partial charge in [0.25, 0.3) is 0 Å². The Morgan fingerprint density at radius 1 is 1.27 bits per heavy atom. The molecule has 1 fully saturated rings. The molecule has 3 rings (SSSR count). The highest BCUT2D eigenvalue weighted by atomic mass is 16.5. The van der Waals surface area contributed by atoms with Crippen molar-refractivity contribution in [1.29, 1.82) is 0 Å². The first-order valence-corrected chi connectivity index (χ1v) is 9.00. The van der Waals surface area contributed by atoms with E-state index < -0.39 is 5.60 Å².